The molecule has 0 aliphatic heterocycles. The Morgan fingerprint density at radius 1 is 1.17 bits per heavy atom. The fourth-order valence-electron chi connectivity index (χ4n) is 3.46. The third kappa shape index (κ3) is 3.75. The van der Waals surface area contributed by atoms with Crippen molar-refractivity contribution in [2.75, 3.05) is 0 Å². The summed E-state index contributed by atoms with van der Waals surface area (Å²) >= 11 is 3.19. The SMILES string of the molecule is CCc1sc2nc(-c3ccccc3)n(CCCC(=O)O)c(=O)c2c1-c1cccs1. The van der Waals surface area contributed by atoms with E-state index >= 15 is 0 Å². The molecule has 0 radical (unpaired) electrons. The third-order valence-electron chi connectivity index (χ3n) is 4.78. The minimum absolute atomic E-state index is 0.0142. The molecule has 29 heavy (non-hydrogen) atoms. The van der Waals surface area contributed by atoms with Crippen LogP contribution < -0.4 is 5.56 Å². The molecule has 0 saturated carbocycles. The van der Waals surface area contributed by atoms with Gasteiger partial charge in [-0.15, -0.1) is 22.7 Å². The fraction of sp³-hybridized carbons (Fsp3) is 0.227. The largest absolute Gasteiger partial charge is 0.481 e. The molecule has 0 aliphatic rings. The van der Waals surface area contributed by atoms with Crippen molar-refractivity contribution in [2.45, 2.75) is 32.7 Å². The number of aliphatic carboxylic acids is 1. The minimum atomic E-state index is -0.864. The van der Waals surface area contributed by atoms with Gasteiger partial charge in [0.15, 0.2) is 0 Å². The van der Waals surface area contributed by atoms with Crippen molar-refractivity contribution in [1.82, 2.24) is 9.55 Å². The van der Waals surface area contributed by atoms with E-state index in [-0.39, 0.29) is 12.0 Å². The van der Waals surface area contributed by atoms with E-state index in [0.29, 0.717) is 24.2 Å². The van der Waals surface area contributed by atoms with E-state index in [1.807, 2.05) is 47.8 Å². The second-order valence-electron chi connectivity index (χ2n) is 6.67. The number of hydrogen-bond donors (Lipinski definition) is 1. The standard InChI is InChI=1S/C22H20N2O3S2/c1-2-15-18(16-10-7-13-28-16)19-21(29-15)23-20(14-8-4-3-5-9-14)24(22(19)27)12-6-11-17(25)26/h3-5,7-10,13H,2,6,11-12H2,1H3,(H,25,26). The average molecular weight is 425 g/mol. The number of aryl methyl sites for hydroxylation is 1. The lowest BCUT2D eigenvalue weighted by molar-refractivity contribution is -0.137. The van der Waals surface area contributed by atoms with Gasteiger partial charge in [0.05, 0.1) is 5.39 Å². The maximum Gasteiger partial charge on any atom is 0.303 e. The van der Waals surface area contributed by atoms with Gasteiger partial charge in [0, 0.05) is 33.8 Å². The summed E-state index contributed by atoms with van der Waals surface area (Å²) in [4.78, 5) is 32.5. The number of aromatic nitrogens is 2. The molecule has 4 rings (SSSR count). The van der Waals surface area contributed by atoms with Gasteiger partial charge in [-0.25, -0.2) is 4.98 Å². The predicted octanol–water partition coefficient (Wildman–Crippen LogP) is 5.28. The van der Waals surface area contributed by atoms with E-state index in [9.17, 15) is 9.59 Å². The van der Waals surface area contributed by atoms with Crippen molar-refractivity contribution in [3.63, 3.8) is 0 Å². The van der Waals surface area contributed by atoms with Crippen molar-refractivity contribution in [3.8, 4) is 21.8 Å². The highest BCUT2D eigenvalue weighted by Crippen LogP contribution is 2.39. The molecule has 5 nitrogen and oxygen atoms in total. The number of fused-ring (bicyclic) bond motifs is 1. The molecule has 0 aliphatic carbocycles. The quantitative estimate of drug-likeness (QED) is 0.438. The first-order chi connectivity index (χ1) is 14.1. The molecule has 0 unspecified atom stereocenters. The molecular formula is C22H20N2O3S2. The maximum atomic E-state index is 13.6. The molecule has 0 fully saturated rings. The lowest BCUT2D eigenvalue weighted by Crippen LogP contribution is -2.24. The van der Waals surface area contributed by atoms with E-state index in [4.69, 9.17) is 10.1 Å². The van der Waals surface area contributed by atoms with Crippen LogP contribution in [0.2, 0.25) is 0 Å². The maximum absolute atomic E-state index is 13.6. The Balaban J connectivity index is 1.97. The zero-order chi connectivity index (χ0) is 20.4. The number of thiophene rings is 2. The minimum Gasteiger partial charge on any atom is -0.481 e. The van der Waals surface area contributed by atoms with Crippen LogP contribution in [-0.4, -0.2) is 20.6 Å². The molecule has 0 bridgehead atoms. The van der Waals surface area contributed by atoms with Gasteiger partial charge in [0.1, 0.15) is 10.7 Å². The van der Waals surface area contributed by atoms with Crippen LogP contribution in [0.3, 0.4) is 0 Å². The summed E-state index contributed by atoms with van der Waals surface area (Å²) in [5, 5.41) is 11.7. The Morgan fingerprint density at radius 2 is 1.97 bits per heavy atom. The number of nitrogens with zero attached hydrogens (tertiary/aromatic N) is 2. The monoisotopic (exact) mass is 424 g/mol. The molecular weight excluding hydrogens is 404 g/mol. The number of hydrogen-bond acceptors (Lipinski definition) is 5. The Labute approximate surface area is 175 Å². The smallest absolute Gasteiger partial charge is 0.303 e. The second-order valence-corrected chi connectivity index (χ2v) is 8.70. The van der Waals surface area contributed by atoms with E-state index in [2.05, 4.69) is 6.92 Å². The summed E-state index contributed by atoms with van der Waals surface area (Å²) in [7, 11) is 0. The van der Waals surface area contributed by atoms with Gasteiger partial charge in [-0.1, -0.05) is 43.3 Å². The van der Waals surface area contributed by atoms with Gasteiger partial charge in [0.2, 0.25) is 0 Å². The molecule has 0 spiro atoms. The lowest BCUT2D eigenvalue weighted by atomic mass is 10.1. The second kappa shape index (κ2) is 8.31. The summed E-state index contributed by atoms with van der Waals surface area (Å²) in [6.45, 7) is 2.41. The third-order valence-corrected chi connectivity index (χ3v) is 6.89. The van der Waals surface area contributed by atoms with Crippen LogP contribution in [0.4, 0.5) is 0 Å². The van der Waals surface area contributed by atoms with Crippen LogP contribution in [0, 0.1) is 0 Å². The molecule has 1 aromatic carbocycles. The van der Waals surface area contributed by atoms with Crippen molar-refractivity contribution >= 4 is 38.9 Å². The summed E-state index contributed by atoms with van der Waals surface area (Å²) in [6.07, 6.45) is 1.22. The zero-order valence-electron chi connectivity index (χ0n) is 15.9. The molecule has 1 N–H and O–H groups in total. The van der Waals surface area contributed by atoms with Gasteiger partial charge < -0.3 is 5.11 Å². The molecule has 0 atom stereocenters. The highest BCUT2D eigenvalue weighted by atomic mass is 32.1. The summed E-state index contributed by atoms with van der Waals surface area (Å²) in [5.41, 5.74) is 1.73. The van der Waals surface area contributed by atoms with Crippen molar-refractivity contribution in [3.05, 3.63) is 63.1 Å². The number of carboxylic acids is 1. The first-order valence-electron chi connectivity index (χ1n) is 9.47. The topological polar surface area (TPSA) is 72.2 Å². The molecule has 7 heteroatoms. The molecule has 3 heterocycles. The summed E-state index contributed by atoms with van der Waals surface area (Å²) in [5.74, 6) is -0.272. The average Bonchev–Trinajstić information content (AvgIpc) is 3.37. The first-order valence-corrected chi connectivity index (χ1v) is 11.2. The van der Waals surface area contributed by atoms with E-state index in [1.165, 1.54) is 0 Å². The molecule has 4 aromatic rings. The van der Waals surface area contributed by atoms with Gasteiger partial charge >= 0.3 is 5.97 Å². The Bertz CT molecular complexity index is 1210. The zero-order valence-corrected chi connectivity index (χ0v) is 17.6. The van der Waals surface area contributed by atoms with Crippen LogP contribution in [0.5, 0.6) is 0 Å². The molecule has 3 aromatic heterocycles. The fourth-order valence-corrected chi connectivity index (χ4v) is 5.45. The molecule has 0 saturated heterocycles. The van der Waals surface area contributed by atoms with E-state index in [1.54, 1.807) is 27.2 Å². The van der Waals surface area contributed by atoms with Crippen molar-refractivity contribution in [1.29, 1.82) is 0 Å². The predicted molar refractivity (Wildman–Crippen MR) is 119 cm³/mol. The van der Waals surface area contributed by atoms with Gasteiger partial charge in [0.25, 0.3) is 5.56 Å². The first kappa shape index (κ1) is 19.5. The number of benzene rings is 1. The van der Waals surface area contributed by atoms with Gasteiger partial charge in [-0.3, -0.25) is 14.2 Å². The molecule has 0 amide bonds. The number of carbonyl (C=O) groups is 1. The lowest BCUT2D eigenvalue weighted by Gasteiger charge is -2.12. The highest BCUT2D eigenvalue weighted by Gasteiger charge is 2.21. The van der Waals surface area contributed by atoms with Gasteiger partial charge in [-0.2, -0.15) is 0 Å². The highest BCUT2D eigenvalue weighted by molar-refractivity contribution is 7.20. The summed E-state index contributed by atoms with van der Waals surface area (Å²) < 4.78 is 1.64. The summed E-state index contributed by atoms with van der Waals surface area (Å²) in [6, 6.07) is 13.6. The Kier molecular flexibility index (Phi) is 5.60. The van der Waals surface area contributed by atoms with Crippen molar-refractivity contribution in [2.24, 2.45) is 0 Å². The number of carboxylic acid groups (broad SMARTS) is 1. The van der Waals surface area contributed by atoms with Crippen molar-refractivity contribution < 1.29 is 9.90 Å². The van der Waals surface area contributed by atoms with Gasteiger partial charge in [-0.05, 0) is 24.3 Å². The van der Waals surface area contributed by atoms with Crippen LogP contribution in [0.15, 0.2) is 52.6 Å². The Morgan fingerprint density at radius 3 is 2.62 bits per heavy atom. The van der Waals surface area contributed by atoms with Crippen LogP contribution in [0.25, 0.3) is 32.0 Å². The Hall–Kier alpha value is -2.77. The van der Waals surface area contributed by atoms with Crippen LogP contribution in [0.1, 0.15) is 24.6 Å². The van der Waals surface area contributed by atoms with Crippen LogP contribution in [-0.2, 0) is 17.8 Å². The van der Waals surface area contributed by atoms with E-state index in [0.717, 1.165) is 32.1 Å². The van der Waals surface area contributed by atoms with Crippen LogP contribution >= 0.6 is 22.7 Å². The molecule has 148 valence electrons. The normalized spacial score (nSPS) is 11.2. The van der Waals surface area contributed by atoms with E-state index < -0.39 is 5.97 Å². The number of rotatable bonds is 7.